The maximum atomic E-state index is 12.9. The number of hydrogen-bond donors (Lipinski definition) is 1. The molecule has 3 rings (SSSR count). The lowest BCUT2D eigenvalue weighted by Gasteiger charge is -2.22. The van der Waals surface area contributed by atoms with Crippen LogP contribution in [-0.2, 0) is 22.6 Å². The molecule has 1 amide bonds. The Kier molecular flexibility index (Phi) is 4.65. The molecule has 1 heterocycles. The number of carbonyl (C=O) groups excluding carboxylic acids is 1. The molecule has 2 aromatic rings. The smallest absolute Gasteiger partial charge is 0.415 e. The van der Waals surface area contributed by atoms with E-state index in [4.69, 9.17) is 4.74 Å². The summed E-state index contributed by atoms with van der Waals surface area (Å²) in [5, 5.41) is 9.37. The van der Waals surface area contributed by atoms with E-state index < -0.39 is 24.5 Å². The van der Waals surface area contributed by atoms with Gasteiger partial charge < -0.3 is 9.84 Å². The molecule has 0 fully saturated rings. The molecule has 0 saturated heterocycles. The fraction of sp³-hybridized carbons (Fsp3) is 0.222. The Balaban J connectivity index is 1.85. The summed E-state index contributed by atoms with van der Waals surface area (Å²) >= 11 is 0. The molecule has 0 saturated carbocycles. The van der Waals surface area contributed by atoms with Crippen LogP contribution in [0.25, 0.3) is 0 Å². The van der Waals surface area contributed by atoms with Crippen molar-refractivity contribution in [3.05, 3.63) is 65.2 Å². The Labute approximate surface area is 142 Å². The predicted octanol–water partition coefficient (Wildman–Crippen LogP) is 3.78. The van der Waals surface area contributed by atoms with Crippen molar-refractivity contribution in [1.82, 2.24) is 0 Å². The van der Waals surface area contributed by atoms with Crippen LogP contribution in [-0.4, -0.2) is 23.2 Å². The van der Waals surface area contributed by atoms with Gasteiger partial charge in [-0.15, -0.1) is 0 Å². The van der Waals surface area contributed by atoms with Crippen LogP contribution in [0.5, 0.6) is 0 Å². The lowest BCUT2D eigenvalue weighted by atomic mass is 10.1. The average Bonchev–Trinajstić information content (AvgIpc) is 2.99. The third-order valence-electron chi connectivity index (χ3n) is 4.03. The number of aliphatic carboxylic acids is 1. The summed E-state index contributed by atoms with van der Waals surface area (Å²) in [6.07, 6.45) is -3.54. The van der Waals surface area contributed by atoms with Gasteiger partial charge in [-0.25, -0.2) is 18.4 Å². The first kappa shape index (κ1) is 16.9. The van der Waals surface area contributed by atoms with Gasteiger partial charge in [-0.3, -0.25) is 4.90 Å². The fourth-order valence-corrected chi connectivity index (χ4v) is 2.79. The summed E-state index contributed by atoms with van der Waals surface area (Å²) in [6.45, 7) is -0.0353. The zero-order valence-electron chi connectivity index (χ0n) is 13.1. The van der Waals surface area contributed by atoms with Gasteiger partial charge in [0.05, 0.1) is 5.69 Å². The molecule has 0 aliphatic carbocycles. The molecule has 1 atom stereocenters. The molecule has 1 aliphatic heterocycles. The van der Waals surface area contributed by atoms with Crippen molar-refractivity contribution in [2.45, 2.75) is 25.5 Å². The number of rotatable bonds is 4. The number of halogens is 2. The number of amides is 1. The maximum absolute atomic E-state index is 12.9. The maximum Gasteiger partial charge on any atom is 0.415 e. The number of hydrogen-bond acceptors (Lipinski definition) is 3. The zero-order chi connectivity index (χ0) is 18.0. The number of anilines is 1. The monoisotopic (exact) mass is 347 g/mol. The first-order valence-electron chi connectivity index (χ1n) is 7.61. The quantitative estimate of drug-likeness (QED) is 0.914. The lowest BCUT2D eigenvalue weighted by molar-refractivity contribution is -0.138. The van der Waals surface area contributed by atoms with Gasteiger partial charge in [0.15, 0.2) is 0 Å². The highest BCUT2D eigenvalue weighted by atomic mass is 19.3. The molecule has 0 bridgehead atoms. The number of ether oxygens (including phenoxy) is 1. The number of alkyl halides is 2. The molecule has 7 heteroatoms. The summed E-state index contributed by atoms with van der Waals surface area (Å²) in [5.41, 5.74) is 1.14. The van der Waals surface area contributed by atoms with Gasteiger partial charge in [0.2, 0.25) is 0 Å². The number of fused-ring (bicyclic) bond motifs is 1. The molecule has 5 nitrogen and oxygen atoms in total. The Morgan fingerprint density at radius 2 is 1.92 bits per heavy atom. The molecule has 25 heavy (non-hydrogen) atoms. The van der Waals surface area contributed by atoms with Gasteiger partial charge in [0.1, 0.15) is 12.6 Å². The van der Waals surface area contributed by atoms with Crippen LogP contribution in [0.1, 0.15) is 23.1 Å². The first-order chi connectivity index (χ1) is 12.0. The van der Waals surface area contributed by atoms with Crippen LogP contribution in [0.4, 0.5) is 19.3 Å². The minimum atomic E-state index is -2.71. The van der Waals surface area contributed by atoms with Crippen LogP contribution in [0.2, 0.25) is 0 Å². The van der Waals surface area contributed by atoms with E-state index in [2.05, 4.69) is 0 Å². The Morgan fingerprint density at radius 1 is 1.20 bits per heavy atom. The highest BCUT2D eigenvalue weighted by molar-refractivity contribution is 5.98. The number of carboxylic acids is 1. The van der Waals surface area contributed by atoms with Crippen molar-refractivity contribution in [2.24, 2.45) is 0 Å². The van der Waals surface area contributed by atoms with Gasteiger partial charge in [0.25, 0.3) is 6.43 Å². The highest BCUT2D eigenvalue weighted by Gasteiger charge is 2.40. The van der Waals surface area contributed by atoms with Crippen molar-refractivity contribution in [3.8, 4) is 0 Å². The van der Waals surface area contributed by atoms with E-state index in [1.807, 2.05) is 6.07 Å². The average molecular weight is 347 g/mol. The van der Waals surface area contributed by atoms with Gasteiger partial charge in [-0.05, 0) is 17.2 Å². The van der Waals surface area contributed by atoms with E-state index in [1.165, 1.54) is 12.1 Å². The molecule has 0 aromatic heterocycles. The van der Waals surface area contributed by atoms with Crippen molar-refractivity contribution in [1.29, 1.82) is 0 Å². The SMILES string of the molecule is O=C(O)[C@@H]1Cc2ccc(C(F)F)cc2N1C(=O)OCc1ccccc1. The lowest BCUT2D eigenvalue weighted by Crippen LogP contribution is -2.43. The topological polar surface area (TPSA) is 66.8 Å². The minimum Gasteiger partial charge on any atom is -0.480 e. The van der Waals surface area contributed by atoms with Gasteiger partial charge in [0, 0.05) is 12.0 Å². The highest BCUT2D eigenvalue weighted by Crippen LogP contribution is 2.36. The van der Waals surface area contributed by atoms with E-state index in [9.17, 15) is 23.5 Å². The summed E-state index contributed by atoms with van der Waals surface area (Å²) in [4.78, 5) is 24.8. The Bertz CT molecular complexity index is 795. The van der Waals surface area contributed by atoms with Crippen LogP contribution in [0.3, 0.4) is 0 Å². The molecule has 2 aromatic carbocycles. The minimum absolute atomic E-state index is 0.0353. The largest absolute Gasteiger partial charge is 0.480 e. The van der Waals surface area contributed by atoms with E-state index in [0.29, 0.717) is 5.56 Å². The zero-order valence-corrected chi connectivity index (χ0v) is 13.1. The summed E-state index contributed by atoms with van der Waals surface area (Å²) < 4.78 is 31.1. The van der Waals surface area contributed by atoms with Crippen LogP contribution in [0.15, 0.2) is 48.5 Å². The standard InChI is InChI=1S/C18H15F2NO4/c19-16(20)13-7-6-12-8-15(17(22)23)21(14(12)9-13)18(24)25-10-11-4-2-1-3-5-11/h1-7,9,15-16H,8,10H2,(H,22,23)/t15-/m0/s1. The second kappa shape index (κ2) is 6.88. The predicted molar refractivity (Wildman–Crippen MR) is 85.6 cm³/mol. The summed E-state index contributed by atoms with van der Waals surface area (Å²) in [7, 11) is 0. The van der Waals surface area contributed by atoms with E-state index in [1.54, 1.807) is 24.3 Å². The molecular weight excluding hydrogens is 332 g/mol. The van der Waals surface area contributed by atoms with Crippen LogP contribution < -0.4 is 4.90 Å². The fourth-order valence-electron chi connectivity index (χ4n) is 2.79. The third-order valence-corrected chi connectivity index (χ3v) is 4.03. The summed E-state index contributed by atoms with van der Waals surface area (Å²) in [6, 6.07) is 11.5. The second-order valence-corrected chi connectivity index (χ2v) is 5.66. The molecule has 130 valence electrons. The molecule has 0 spiro atoms. The molecular formula is C18H15F2NO4. The van der Waals surface area contributed by atoms with Crippen molar-refractivity contribution in [2.75, 3.05) is 4.90 Å². The van der Waals surface area contributed by atoms with E-state index in [0.717, 1.165) is 16.5 Å². The third kappa shape index (κ3) is 3.45. The molecule has 0 unspecified atom stereocenters. The second-order valence-electron chi connectivity index (χ2n) is 5.66. The first-order valence-corrected chi connectivity index (χ1v) is 7.61. The van der Waals surface area contributed by atoms with Crippen LogP contribution >= 0.6 is 0 Å². The number of carbonyl (C=O) groups is 2. The van der Waals surface area contributed by atoms with Gasteiger partial charge in [-0.2, -0.15) is 0 Å². The number of nitrogens with zero attached hydrogens (tertiary/aromatic N) is 1. The summed E-state index contributed by atoms with van der Waals surface area (Å²) in [5.74, 6) is -1.22. The molecule has 0 radical (unpaired) electrons. The Hall–Kier alpha value is -2.96. The van der Waals surface area contributed by atoms with Crippen molar-refractivity contribution < 1.29 is 28.2 Å². The van der Waals surface area contributed by atoms with E-state index >= 15 is 0 Å². The number of carboxylic acid groups (broad SMARTS) is 1. The Morgan fingerprint density at radius 3 is 2.56 bits per heavy atom. The van der Waals surface area contributed by atoms with Gasteiger partial charge in [-0.1, -0.05) is 42.5 Å². The normalized spacial score (nSPS) is 16.0. The molecule has 1 N–H and O–H groups in total. The van der Waals surface area contributed by atoms with E-state index in [-0.39, 0.29) is 24.3 Å². The van der Waals surface area contributed by atoms with Crippen molar-refractivity contribution in [3.63, 3.8) is 0 Å². The van der Waals surface area contributed by atoms with Gasteiger partial charge >= 0.3 is 12.1 Å². The van der Waals surface area contributed by atoms with Crippen LogP contribution in [0, 0.1) is 0 Å². The van der Waals surface area contributed by atoms with Crippen molar-refractivity contribution >= 4 is 17.7 Å². The number of benzene rings is 2. The molecule has 1 aliphatic rings.